The molecule has 0 bridgehead atoms. The Morgan fingerprint density at radius 3 is 2.65 bits per heavy atom. The molecule has 1 aromatic carbocycles. The summed E-state index contributed by atoms with van der Waals surface area (Å²) in [6, 6.07) is 9.14. The van der Waals surface area contributed by atoms with Gasteiger partial charge < -0.3 is 5.32 Å². The largest absolute Gasteiger partial charge is 0.344 e. The molecule has 2 N–H and O–H groups in total. The van der Waals surface area contributed by atoms with Crippen LogP contribution < -0.4 is 10.0 Å². The number of nitrogens with one attached hydrogen (secondary N) is 2. The van der Waals surface area contributed by atoms with Crippen LogP contribution in [0.1, 0.15) is 17.4 Å². The highest BCUT2D eigenvalue weighted by atomic mass is 32.2. The number of nitrogens with zero attached hydrogens (tertiary/aromatic N) is 2. The molecular formula is C11H12N4O3S2. The summed E-state index contributed by atoms with van der Waals surface area (Å²) < 4.78 is 28.4. The molecule has 0 unspecified atom stereocenters. The first-order chi connectivity index (χ1) is 9.52. The summed E-state index contributed by atoms with van der Waals surface area (Å²) in [7, 11) is -3.62. The SMILES string of the molecule is CCS(=O)(=O)NC(=O)c1nnsc1Nc1ccccc1. The third kappa shape index (κ3) is 3.52. The van der Waals surface area contributed by atoms with Crippen molar-refractivity contribution in [1.82, 2.24) is 14.3 Å². The van der Waals surface area contributed by atoms with Crippen molar-refractivity contribution in [2.75, 3.05) is 11.1 Å². The lowest BCUT2D eigenvalue weighted by Gasteiger charge is -2.05. The van der Waals surface area contributed by atoms with Crippen LogP contribution in [-0.4, -0.2) is 29.7 Å². The molecule has 1 amide bonds. The predicted molar refractivity (Wildman–Crippen MR) is 76.6 cm³/mol. The summed E-state index contributed by atoms with van der Waals surface area (Å²) in [6.07, 6.45) is 0. The first-order valence-electron chi connectivity index (χ1n) is 5.71. The molecule has 0 aliphatic carbocycles. The van der Waals surface area contributed by atoms with Crippen molar-refractivity contribution in [3.63, 3.8) is 0 Å². The van der Waals surface area contributed by atoms with Crippen LogP contribution in [0.5, 0.6) is 0 Å². The first-order valence-corrected chi connectivity index (χ1v) is 8.13. The van der Waals surface area contributed by atoms with Crippen LogP contribution in [0, 0.1) is 0 Å². The van der Waals surface area contributed by atoms with E-state index in [1.165, 1.54) is 6.92 Å². The Hall–Kier alpha value is -2.00. The fourth-order valence-electron chi connectivity index (χ4n) is 1.34. The van der Waals surface area contributed by atoms with Gasteiger partial charge in [-0.1, -0.05) is 22.7 Å². The summed E-state index contributed by atoms with van der Waals surface area (Å²) >= 11 is 0.978. The molecule has 1 aromatic heterocycles. The minimum atomic E-state index is -3.62. The van der Waals surface area contributed by atoms with Crippen molar-refractivity contribution in [2.24, 2.45) is 0 Å². The van der Waals surface area contributed by atoms with Crippen molar-refractivity contribution in [3.8, 4) is 0 Å². The van der Waals surface area contributed by atoms with Gasteiger partial charge in [0.15, 0.2) is 5.69 Å². The van der Waals surface area contributed by atoms with Crippen molar-refractivity contribution in [3.05, 3.63) is 36.0 Å². The number of rotatable bonds is 5. The average molecular weight is 312 g/mol. The van der Waals surface area contributed by atoms with Crippen molar-refractivity contribution < 1.29 is 13.2 Å². The number of amides is 1. The molecule has 0 aliphatic rings. The minimum absolute atomic E-state index is 0.0455. The molecule has 7 nitrogen and oxygen atoms in total. The highest BCUT2D eigenvalue weighted by molar-refractivity contribution is 7.90. The van der Waals surface area contributed by atoms with Gasteiger partial charge in [-0.05, 0) is 19.1 Å². The Morgan fingerprint density at radius 2 is 2.00 bits per heavy atom. The third-order valence-corrected chi connectivity index (χ3v) is 4.26. The van der Waals surface area contributed by atoms with Crippen molar-refractivity contribution in [2.45, 2.75) is 6.92 Å². The highest BCUT2D eigenvalue weighted by Gasteiger charge is 2.21. The number of carbonyl (C=O) groups excluding carboxylic acids is 1. The van der Waals surface area contributed by atoms with Gasteiger partial charge in [-0.15, -0.1) is 5.10 Å². The normalized spacial score (nSPS) is 11.1. The number of hydrogen-bond acceptors (Lipinski definition) is 7. The van der Waals surface area contributed by atoms with E-state index in [-0.39, 0.29) is 11.4 Å². The molecule has 2 aromatic rings. The molecule has 0 saturated heterocycles. The summed E-state index contributed by atoms with van der Waals surface area (Å²) in [5.74, 6) is -0.975. The van der Waals surface area contributed by atoms with Gasteiger partial charge in [0, 0.05) is 17.2 Å². The van der Waals surface area contributed by atoms with E-state index in [1.807, 2.05) is 35.1 Å². The van der Waals surface area contributed by atoms with Gasteiger partial charge >= 0.3 is 0 Å². The van der Waals surface area contributed by atoms with Gasteiger partial charge in [-0.3, -0.25) is 4.79 Å². The lowest BCUT2D eigenvalue weighted by atomic mass is 10.3. The zero-order valence-corrected chi connectivity index (χ0v) is 12.2. The zero-order chi connectivity index (χ0) is 14.6. The maximum atomic E-state index is 11.9. The van der Waals surface area contributed by atoms with E-state index in [2.05, 4.69) is 14.9 Å². The maximum Gasteiger partial charge on any atom is 0.288 e. The van der Waals surface area contributed by atoms with E-state index >= 15 is 0 Å². The Labute approximate surface area is 120 Å². The molecular weight excluding hydrogens is 300 g/mol. The van der Waals surface area contributed by atoms with Crippen LogP contribution in [0.4, 0.5) is 10.7 Å². The smallest absolute Gasteiger partial charge is 0.288 e. The van der Waals surface area contributed by atoms with E-state index in [4.69, 9.17) is 0 Å². The second kappa shape index (κ2) is 5.97. The van der Waals surface area contributed by atoms with Gasteiger partial charge in [-0.25, -0.2) is 13.1 Å². The molecule has 0 aliphatic heterocycles. The van der Waals surface area contributed by atoms with Crippen LogP contribution in [0.15, 0.2) is 30.3 Å². The van der Waals surface area contributed by atoms with Gasteiger partial charge in [-0.2, -0.15) is 0 Å². The van der Waals surface area contributed by atoms with Gasteiger partial charge in [0.2, 0.25) is 10.0 Å². The van der Waals surface area contributed by atoms with Gasteiger partial charge in [0.25, 0.3) is 5.91 Å². The Kier molecular flexibility index (Phi) is 4.30. The van der Waals surface area contributed by atoms with E-state index in [9.17, 15) is 13.2 Å². The number of sulfonamides is 1. The standard InChI is InChI=1S/C11H12N4O3S2/c1-2-20(17,18)14-10(16)9-11(19-15-13-9)12-8-6-4-3-5-7-8/h3-7,12H,2H2,1H3,(H,14,16). The predicted octanol–water partition coefficient (Wildman–Crippen LogP) is 1.36. The van der Waals surface area contributed by atoms with Gasteiger partial charge in [0.1, 0.15) is 5.00 Å². The number of carbonyl (C=O) groups is 1. The van der Waals surface area contributed by atoms with Crippen molar-refractivity contribution in [1.29, 1.82) is 0 Å². The fraction of sp³-hybridized carbons (Fsp3) is 0.182. The first kappa shape index (κ1) is 14.4. The van der Waals surface area contributed by atoms with E-state index in [1.54, 1.807) is 0 Å². The Balaban J connectivity index is 2.19. The van der Waals surface area contributed by atoms with Crippen LogP contribution in [0.3, 0.4) is 0 Å². The fourth-order valence-corrected chi connectivity index (χ4v) is 2.45. The average Bonchev–Trinajstić information content (AvgIpc) is 2.88. The van der Waals surface area contributed by atoms with Crippen LogP contribution in [-0.2, 0) is 10.0 Å². The summed E-state index contributed by atoms with van der Waals surface area (Å²) in [5.41, 5.74) is 0.710. The van der Waals surface area contributed by atoms with E-state index in [0.29, 0.717) is 5.00 Å². The third-order valence-electron chi connectivity index (χ3n) is 2.36. The number of aromatic nitrogens is 2. The highest BCUT2D eigenvalue weighted by Crippen LogP contribution is 2.22. The van der Waals surface area contributed by atoms with E-state index in [0.717, 1.165) is 17.2 Å². The lowest BCUT2D eigenvalue weighted by molar-refractivity contribution is 0.0977. The molecule has 0 saturated carbocycles. The second-order valence-electron chi connectivity index (χ2n) is 3.78. The minimum Gasteiger partial charge on any atom is -0.344 e. The number of benzene rings is 1. The Bertz CT molecular complexity index is 697. The zero-order valence-electron chi connectivity index (χ0n) is 10.5. The maximum absolute atomic E-state index is 11.9. The van der Waals surface area contributed by atoms with Crippen LogP contribution in [0.2, 0.25) is 0 Å². The second-order valence-corrected chi connectivity index (χ2v) is 6.54. The lowest BCUT2D eigenvalue weighted by Crippen LogP contribution is -2.32. The molecule has 0 radical (unpaired) electrons. The molecule has 1 heterocycles. The monoisotopic (exact) mass is 312 g/mol. The number of para-hydroxylation sites is 1. The summed E-state index contributed by atoms with van der Waals surface area (Å²) in [5, 5.41) is 7.02. The number of anilines is 2. The van der Waals surface area contributed by atoms with Crippen molar-refractivity contribution >= 4 is 38.2 Å². The Morgan fingerprint density at radius 1 is 1.30 bits per heavy atom. The quantitative estimate of drug-likeness (QED) is 0.864. The van der Waals surface area contributed by atoms with Crippen LogP contribution >= 0.6 is 11.5 Å². The molecule has 9 heteroatoms. The topological polar surface area (TPSA) is 101 Å². The summed E-state index contributed by atoms with van der Waals surface area (Å²) in [4.78, 5) is 11.9. The molecule has 0 atom stereocenters. The van der Waals surface area contributed by atoms with E-state index < -0.39 is 15.9 Å². The van der Waals surface area contributed by atoms with Crippen LogP contribution in [0.25, 0.3) is 0 Å². The molecule has 0 fully saturated rings. The van der Waals surface area contributed by atoms with Gasteiger partial charge in [0.05, 0.1) is 5.75 Å². The molecule has 0 spiro atoms. The molecule has 2 rings (SSSR count). The number of hydrogen-bond donors (Lipinski definition) is 2. The molecule has 106 valence electrons. The summed E-state index contributed by atoms with van der Waals surface area (Å²) in [6.45, 7) is 1.44. The molecule has 20 heavy (non-hydrogen) atoms.